The molecule has 17 heavy (non-hydrogen) atoms. The predicted molar refractivity (Wildman–Crippen MR) is 69.5 cm³/mol. The molecule has 0 heterocycles. The first-order valence-electron chi connectivity index (χ1n) is 5.55. The zero-order valence-corrected chi connectivity index (χ0v) is 12.0. The second-order valence-electron chi connectivity index (χ2n) is 2.70. The molecular weight excluding hydrogens is 240 g/mol. The highest BCUT2D eigenvalue weighted by Gasteiger charge is 2.40. The molecule has 0 aromatic heterocycles. The van der Waals surface area contributed by atoms with E-state index in [-0.39, 0.29) is 6.17 Å². The number of hydrogen-bond donors (Lipinski definition) is 2. The topological polar surface area (TPSA) is 82.8 Å². The molecule has 0 aliphatic heterocycles. The maximum Gasteiger partial charge on any atom is 0.521 e. The minimum absolute atomic E-state index is 0.206. The molecule has 0 spiro atoms. The Kier molecular flexibility index (Phi) is 12.6. The van der Waals surface area contributed by atoms with E-state index < -0.39 is 14.8 Å². The fraction of sp³-hybridized carbons (Fsp3) is 0.700. The Hall–Kier alpha value is -0.893. The van der Waals surface area contributed by atoms with Crippen LogP contribution in [0.2, 0.25) is 0 Å². The van der Waals surface area contributed by atoms with Crippen LogP contribution >= 0.6 is 0 Å². The molecular formula is C10H24N2O4Si. The van der Waals surface area contributed by atoms with Crippen molar-refractivity contribution >= 4 is 14.8 Å². The minimum Gasteiger partial charge on any atom is -0.373 e. The van der Waals surface area contributed by atoms with Crippen LogP contribution in [0.1, 0.15) is 20.8 Å². The Morgan fingerprint density at radius 1 is 1.12 bits per heavy atom. The van der Waals surface area contributed by atoms with Gasteiger partial charge in [-0.05, 0) is 20.8 Å². The van der Waals surface area contributed by atoms with Gasteiger partial charge in [-0.2, -0.15) is 0 Å². The highest BCUT2D eigenvalue weighted by molar-refractivity contribution is 6.61. The van der Waals surface area contributed by atoms with Crippen molar-refractivity contribution in [3.05, 3.63) is 13.2 Å². The lowest BCUT2D eigenvalue weighted by Gasteiger charge is -2.28. The van der Waals surface area contributed by atoms with Gasteiger partial charge in [-0.15, -0.1) is 13.2 Å². The van der Waals surface area contributed by atoms with Crippen LogP contribution in [0.25, 0.3) is 0 Å². The Morgan fingerprint density at radius 2 is 1.47 bits per heavy atom. The van der Waals surface area contributed by atoms with Gasteiger partial charge in [-0.1, -0.05) is 0 Å². The largest absolute Gasteiger partial charge is 0.521 e. The summed E-state index contributed by atoms with van der Waals surface area (Å²) in [7, 11) is -2.77. The zero-order chi connectivity index (χ0) is 13.7. The van der Waals surface area contributed by atoms with Gasteiger partial charge in [-0.3, -0.25) is 0 Å². The molecule has 6 nitrogen and oxygen atoms in total. The fourth-order valence-electron chi connectivity index (χ4n) is 1.13. The Bertz CT molecular complexity index is 188. The molecule has 3 N–H and O–H groups in total. The van der Waals surface area contributed by atoms with Crippen LogP contribution in [-0.2, 0) is 13.3 Å². The maximum atomic E-state index is 10.6. The highest BCUT2D eigenvalue weighted by Crippen LogP contribution is 2.08. The van der Waals surface area contributed by atoms with E-state index in [2.05, 4.69) is 18.5 Å². The van der Waals surface area contributed by atoms with Crippen molar-refractivity contribution in [1.82, 2.24) is 5.32 Å². The number of amides is 2. The molecule has 0 bridgehead atoms. The van der Waals surface area contributed by atoms with Crippen molar-refractivity contribution in [2.24, 2.45) is 5.73 Å². The molecule has 0 unspecified atom stereocenters. The van der Waals surface area contributed by atoms with Crippen LogP contribution in [0.15, 0.2) is 13.2 Å². The molecule has 0 aromatic rings. The summed E-state index contributed by atoms with van der Waals surface area (Å²) in [4.78, 5) is 10.6. The van der Waals surface area contributed by atoms with Gasteiger partial charge in [0.25, 0.3) is 0 Å². The SMILES string of the molecule is C=C.CCO[Si](CNC(N)=O)(OCC)OCC. The molecule has 0 saturated heterocycles. The van der Waals surface area contributed by atoms with Crippen molar-refractivity contribution in [2.45, 2.75) is 20.8 Å². The second-order valence-corrected chi connectivity index (χ2v) is 5.29. The molecule has 0 fully saturated rings. The lowest BCUT2D eigenvalue weighted by Crippen LogP contribution is -2.56. The molecule has 7 heteroatoms. The van der Waals surface area contributed by atoms with Gasteiger partial charge in [0, 0.05) is 19.8 Å². The molecule has 0 radical (unpaired) electrons. The van der Waals surface area contributed by atoms with Gasteiger partial charge < -0.3 is 24.3 Å². The van der Waals surface area contributed by atoms with E-state index in [9.17, 15) is 4.79 Å². The predicted octanol–water partition coefficient (Wildman–Crippen LogP) is 1.04. The van der Waals surface area contributed by atoms with Crippen LogP contribution in [0.3, 0.4) is 0 Å². The quantitative estimate of drug-likeness (QED) is 0.507. The van der Waals surface area contributed by atoms with Gasteiger partial charge in [-0.25, -0.2) is 4.79 Å². The van der Waals surface area contributed by atoms with Crippen LogP contribution in [-0.4, -0.2) is 40.8 Å². The Labute approximate surface area is 104 Å². The summed E-state index contributed by atoms with van der Waals surface area (Å²) in [5.74, 6) is 0. The molecule has 0 saturated carbocycles. The lowest BCUT2D eigenvalue weighted by atomic mass is 10.9. The van der Waals surface area contributed by atoms with Gasteiger partial charge >= 0.3 is 14.8 Å². The van der Waals surface area contributed by atoms with Crippen molar-refractivity contribution < 1.29 is 18.1 Å². The first-order valence-corrected chi connectivity index (χ1v) is 7.48. The number of hydrogen-bond acceptors (Lipinski definition) is 4. The van der Waals surface area contributed by atoms with Gasteiger partial charge in [0.05, 0.1) is 6.17 Å². The molecule has 2 amide bonds. The molecule has 0 rings (SSSR count). The van der Waals surface area contributed by atoms with E-state index in [1.165, 1.54) is 0 Å². The summed E-state index contributed by atoms with van der Waals surface area (Å²) in [6, 6.07) is -0.606. The van der Waals surface area contributed by atoms with Crippen LogP contribution in [0.4, 0.5) is 4.79 Å². The molecule has 0 aliphatic carbocycles. The average Bonchev–Trinajstić information content (AvgIpc) is 2.30. The van der Waals surface area contributed by atoms with Gasteiger partial charge in [0.15, 0.2) is 0 Å². The molecule has 0 aromatic carbocycles. The number of primary amides is 1. The maximum absolute atomic E-state index is 10.6. The van der Waals surface area contributed by atoms with E-state index in [0.29, 0.717) is 19.8 Å². The van der Waals surface area contributed by atoms with Gasteiger partial charge in [0.2, 0.25) is 0 Å². The van der Waals surface area contributed by atoms with E-state index in [4.69, 9.17) is 19.0 Å². The number of carbonyl (C=O) groups is 1. The number of carbonyl (C=O) groups excluding carboxylic acids is 1. The number of nitrogens with one attached hydrogen (secondary N) is 1. The normalized spacial score (nSPS) is 10.3. The third-order valence-corrected chi connectivity index (χ3v) is 4.37. The Morgan fingerprint density at radius 3 is 1.71 bits per heavy atom. The van der Waals surface area contributed by atoms with E-state index in [1.807, 2.05) is 20.8 Å². The number of rotatable bonds is 8. The molecule has 0 aliphatic rings. The average molecular weight is 264 g/mol. The third kappa shape index (κ3) is 8.87. The van der Waals surface area contributed by atoms with Crippen molar-refractivity contribution in [2.75, 3.05) is 26.0 Å². The summed E-state index contributed by atoms with van der Waals surface area (Å²) in [5, 5.41) is 2.47. The summed E-state index contributed by atoms with van der Waals surface area (Å²) in [6.07, 6.45) is 0.206. The Balaban J connectivity index is 0. The summed E-state index contributed by atoms with van der Waals surface area (Å²) < 4.78 is 16.5. The van der Waals surface area contributed by atoms with Crippen LogP contribution in [0.5, 0.6) is 0 Å². The second kappa shape index (κ2) is 11.6. The lowest BCUT2D eigenvalue weighted by molar-refractivity contribution is 0.0708. The zero-order valence-electron chi connectivity index (χ0n) is 11.0. The first-order chi connectivity index (χ1) is 8.10. The van der Waals surface area contributed by atoms with Crippen LogP contribution in [0, 0.1) is 0 Å². The smallest absolute Gasteiger partial charge is 0.373 e. The highest BCUT2D eigenvalue weighted by atomic mass is 28.4. The summed E-state index contributed by atoms with van der Waals surface area (Å²) >= 11 is 0. The standard InChI is InChI=1S/C8H20N2O4Si.C2H4/c1-4-12-15(13-5-2,14-6-3)7-10-8(9)11;1-2/h4-7H2,1-3H3,(H3,9,10,11);1-2H2. The fourth-order valence-corrected chi connectivity index (χ4v) is 3.40. The summed E-state index contributed by atoms with van der Waals surface area (Å²) in [6.45, 7) is 13.0. The van der Waals surface area contributed by atoms with Crippen molar-refractivity contribution in [1.29, 1.82) is 0 Å². The van der Waals surface area contributed by atoms with E-state index in [1.54, 1.807) is 0 Å². The number of nitrogens with two attached hydrogens (primary N) is 1. The molecule has 102 valence electrons. The first kappa shape index (κ1) is 18.5. The van der Waals surface area contributed by atoms with E-state index >= 15 is 0 Å². The molecule has 0 atom stereocenters. The van der Waals surface area contributed by atoms with E-state index in [0.717, 1.165) is 0 Å². The van der Waals surface area contributed by atoms with Crippen molar-refractivity contribution in [3.8, 4) is 0 Å². The van der Waals surface area contributed by atoms with Gasteiger partial charge in [0.1, 0.15) is 0 Å². The monoisotopic (exact) mass is 264 g/mol. The summed E-state index contributed by atoms with van der Waals surface area (Å²) in [5.41, 5.74) is 4.99. The minimum atomic E-state index is -2.77. The number of urea groups is 1. The third-order valence-electron chi connectivity index (χ3n) is 1.57. The van der Waals surface area contributed by atoms with Crippen molar-refractivity contribution in [3.63, 3.8) is 0 Å². The van der Waals surface area contributed by atoms with Crippen LogP contribution < -0.4 is 11.1 Å².